The van der Waals surface area contributed by atoms with Gasteiger partial charge in [0.2, 0.25) is 0 Å². The van der Waals surface area contributed by atoms with Gasteiger partial charge in [0, 0.05) is 17.0 Å². The predicted molar refractivity (Wildman–Crippen MR) is 79.5 cm³/mol. The molecule has 0 radical (unpaired) electrons. The van der Waals surface area contributed by atoms with E-state index in [1.54, 1.807) is 11.3 Å². The minimum atomic E-state index is 0.404. The lowest BCUT2D eigenvalue weighted by Crippen LogP contribution is -2.06. The zero-order chi connectivity index (χ0) is 12.8. The molecule has 1 heterocycles. The van der Waals surface area contributed by atoms with E-state index in [4.69, 9.17) is 0 Å². The molecule has 0 N–H and O–H groups in total. The van der Waals surface area contributed by atoms with Crippen LogP contribution in [0, 0.1) is 17.8 Å². The van der Waals surface area contributed by atoms with Crippen LogP contribution in [0.1, 0.15) is 31.2 Å². The number of carbonyl (C=O) groups is 1. The summed E-state index contributed by atoms with van der Waals surface area (Å²) in [6, 6.07) is 8.43. The van der Waals surface area contributed by atoms with Crippen molar-refractivity contribution >= 4 is 27.2 Å². The first-order valence-electron chi connectivity index (χ1n) is 7.32. The molecule has 0 saturated heterocycles. The Morgan fingerprint density at radius 1 is 1.16 bits per heavy atom. The molecule has 19 heavy (non-hydrogen) atoms. The Bertz CT molecular complexity index is 615. The quantitative estimate of drug-likeness (QED) is 0.805. The highest BCUT2D eigenvalue weighted by Crippen LogP contribution is 2.56. The van der Waals surface area contributed by atoms with Crippen LogP contribution < -0.4 is 0 Å². The van der Waals surface area contributed by atoms with Crippen LogP contribution in [0.15, 0.2) is 29.6 Å². The lowest BCUT2D eigenvalue weighted by Gasteiger charge is -2.04. The summed E-state index contributed by atoms with van der Waals surface area (Å²) in [5.41, 5.74) is 1.24. The molecule has 98 valence electrons. The van der Waals surface area contributed by atoms with Crippen molar-refractivity contribution in [3.8, 4) is 0 Å². The van der Waals surface area contributed by atoms with Crippen LogP contribution in [-0.2, 0) is 11.2 Å². The summed E-state index contributed by atoms with van der Waals surface area (Å²) in [4.78, 5) is 12.5. The molecule has 2 aliphatic carbocycles. The van der Waals surface area contributed by atoms with Crippen molar-refractivity contribution in [2.75, 3.05) is 0 Å². The first kappa shape index (κ1) is 11.7. The van der Waals surface area contributed by atoms with Crippen LogP contribution in [0.5, 0.6) is 0 Å². The zero-order valence-electron chi connectivity index (χ0n) is 11.0. The van der Waals surface area contributed by atoms with Crippen molar-refractivity contribution in [1.82, 2.24) is 0 Å². The summed E-state index contributed by atoms with van der Waals surface area (Å²) in [7, 11) is 0. The average molecular weight is 270 g/mol. The van der Waals surface area contributed by atoms with Crippen molar-refractivity contribution in [3.63, 3.8) is 0 Å². The minimum Gasteiger partial charge on any atom is -0.299 e. The lowest BCUT2D eigenvalue weighted by molar-refractivity contribution is -0.120. The second-order valence-corrected chi connectivity index (χ2v) is 6.95. The first-order chi connectivity index (χ1) is 9.34. The third kappa shape index (κ3) is 1.93. The smallest absolute Gasteiger partial charge is 0.140 e. The molecular weight excluding hydrogens is 252 g/mol. The van der Waals surface area contributed by atoms with Crippen LogP contribution in [0.2, 0.25) is 0 Å². The lowest BCUT2D eigenvalue weighted by atomic mass is 10.0. The molecule has 1 nitrogen and oxygen atoms in total. The Morgan fingerprint density at radius 3 is 2.68 bits per heavy atom. The molecule has 2 saturated carbocycles. The number of thiophene rings is 1. The van der Waals surface area contributed by atoms with E-state index in [2.05, 4.69) is 29.6 Å². The molecule has 1 aromatic heterocycles. The fourth-order valence-electron chi connectivity index (χ4n) is 3.95. The largest absolute Gasteiger partial charge is 0.299 e. The molecule has 2 aliphatic rings. The van der Waals surface area contributed by atoms with Crippen LogP contribution in [0.4, 0.5) is 0 Å². The maximum atomic E-state index is 12.5. The fourth-order valence-corrected chi connectivity index (χ4v) is 4.91. The topological polar surface area (TPSA) is 17.1 Å². The summed E-state index contributed by atoms with van der Waals surface area (Å²) < 4.78 is 1.30. The molecule has 0 spiro atoms. The molecule has 0 aliphatic heterocycles. The molecule has 4 rings (SSSR count). The van der Waals surface area contributed by atoms with Gasteiger partial charge in [-0.3, -0.25) is 4.79 Å². The summed E-state index contributed by atoms with van der Waals surface area (Å²) in [6.45, 7) is 0. The number of hydrogen-bond donors (Lipinski definition) is 0. The molecule has 0 bridgehead atoms. The second kappa shape index (κ2) is 4.45. The minimum absolute atomic E-state index is 0.404. The normalized spacial score (nSPS) is 29.2. The highest BCUT2D eigenvalue weighted by molar-refractivity contribution is 7.17. The van der Waals surface area contributed by atoms with Gasteiger partial charge in [-0.15, -0.1) is 11.3 Å². The maximum Gasteiger partial charge on any atom is 0.140 e. The van der Waals surface area contributed by atoms with Crippen LogP contribution >= 0.6 is 11.3 Å². The van der Waals surface area contributed by atoms with Gasteiger partial charge < -0.3 is 0 Å². The first-order valence-corrected chi connectivity index (χ1v) is 8.20. The number of benzene rings is 1. The van der Waals surface area contributed by atoms with E-state index in [0.717, 1.165) is 11.8 Å². The Morgan fingerprint density at radius 2 is 1.89 bits per heavy atom. The van der Waals surface area contributed by atoms with Crippen molar-refractivity contribution in [3.05, 3.63) is 35.2 Å². The number of rotatable bonds is 3. The van der Waals surface area contributed by atoms with E-state index in [1.807, 2.05) is 0 Å². The number of hydrogen-bond acceptors (Lipinski definition) is 2. The van der Waals surface area contributed by atoms with Gasteiger partial charge in [0.25, 0.3) is 0 Å². The van der Waals surface area contributed by atoms with Gasteiger partial charge in [0.05, 0.1) is 0 Å². The van der Waals surface area contributed by atoms with Crippen molar-refractivity contribution < 1.29 is 4.79 Å². The summed E-state index contributed by atoms with van der Waals surface area (Å²) in [5.74, 6) is 2.39. The molecule has 2 fully saturated rings. The highest BCUT2D eigenvalue weighted by Gasteiger charge is 2.53. The number of carbonyl (C=O) groups excluding carboxylic acids is 1. The Kier molecular flexibility index (Phi) is 2.73. The third-order valence-corrected chi connectivity index (χ3v) is 5.97. The van der Waals surface area contributed by atoms with E-state index in [9.17, 15) is 4.79 Å². The van der Waals surface area contributed by atoms with Gasteiger partial charge in [-0.25, -0.2) is 0 Å². The highest BCUT2D eigenvalue weighted by atomic mass is 32.1. The number of Topliss-reactive ketones (excluding diaryl/α,β-unsaturated/α-hetero) is 1. The zero-order valence-corrected chi connectivity index (χ0v) is 11.8. The number of ketones is 1. The molecular formula is C17H18OS. The monoisotopic (exact) mass is 270 g/mol. The average Bonchev–Trinajstić information content (AvgIpc) is 3.06. The van der Waals surface area contributed by atoms with E-state index in [1.165, 1.54) is 41.3 Å². The SMILES string of the molecule is O=C(Cc1csc2ccccc12)C1C2CCCCC21. The van der Waals surface area contributed by atoms with E-state index >= 15 is 0 Å². The van der Waals surface area contributed by atoms with Crippen LogP contribution in [-0.4, -0.2) is 5.78 Å². The van der Waals surface area contributed by atoms with Gasteiger partial charge in [0.1, 0.15) is 5.78 Å². The standard InChI is InChI=1S/C17H18OS/c18-15(17-13-6-1-2-7-14(13)17)9-11-10-19-16-8-4-3-5-12(11)16/h3-5,8,10,13-14,17H,1-2,6-7,9H2. The van der Waals surface area contributed by atoms with Crippen LogP contribution in [0.25, 0.3) is 10.1 Å². The van der Waals surface area contributed by atoms with Gasteiger partial charge in [-0.2, -0.15) is 0 Å². The van der Waals surface area contributed by atoms with E-state index < -0.39 is 0 Å². The van der Waals surface area contributed by atoms with Gasteiger partial charge in [0.15, 0.2) is 0 Å². The molecule has 0 amide bonds. The Balaban J connectivity index is 1.54. The number of fused-ring (bicyclic) bond motifs is 2. The van der Waals surface area contributed by atoms with E-state index in [0.29, 0.717) is 18.1 Å². The maximum absolute atomic E-state index is 12.5. The van der Waals surface area contributed by atoms with Gasteiger partial charge >= 0.3 is 0 Å². The van der Waals surface area contributed by atoms with Crippen LogP contribution in [0.3, 0.4) is 0 Å². The van der Waals surface area contributed by atoms with Crippen molar-refractivity contribution in [1.29, 1.82) is 0 Å². The second-order valence-electron chi connectivity index (χ2n) is 6.04. The van der Waals surface area contributed by atoms with Gasteiger partial charge in [-0.1, -0.05) is 31.0 Å². The van der Waals surface area contributed by atoms with Crippen molar-refractivity contribution in [2.45, 2.75) is 32.1 Å². The summed E-state index contributed by atoms with van der Waals surface area (Å²) in [6.07, 6.45) is 5.93. The summed E-state index contributed by atoms with van der Waals surface area (Å²) in [5, 5.41) is 3.46. The molecule has 1 aromatic carbocycles. The van der Waals surface area contributed by atoms with E-state index in [-0.39, 0.29) is 0 Å². The third-order valence-electron chi connectivity index (χ3n) is 4.95. The van der Waals surface area contributed by atoms with Crippen molar-refractivity contribution in [2.24, 2.45) is 17.8 Å². The predicted octanol–water partition coefficient (Wildman–Crippen LogP) is 4.45. The molecule has 2 unspecified atom stereocenters. The molecule has 2 atom stereocenters. The fraction of sp³-hybridized carbons (Fsp3) is 0.471. The van der Waals surface area contributed by atoms with Gasteiger partial charge in [-0.05, 0) is 47.1 Å². The Hall–Kier alpha value is -1.15. The Labute approximate surface area is 117 Å². The molecule has 2 heteroatoms. The molecule has 2 aromatic rings. The summed E-state index contributed by atoms with van der Waals surface area (Å²) >= 11 is 1.76.